The second-order valence-electron chi connectivity index (χ2n) is 5.93. The molecule has 26 heavy (non-hydrogen) atoms. The third kappa shape index (κ3) is 2.93. The van der Waals surface area contributed by atoms with Crippen molar-refractivity contribution in [3.05, 3.63) is 64.8 Å². The van der Waals surface area contributed by atoms with Crippen molar-refractivity contribution >= 4 is 28.8 Å². The third-order valence-electron chi connectivity index (χ3n) is 4.04. The molecular weight excluding hydrogens is 354 g/mol. The Kier molecular flexibility index (Phi) is 3.93. The van der Waals surface area contributed by atoms with Gasteiger partial charge in [0.05, 0.1) is 6.20 Å². The molecule has 1 N–H and O–H groups in total. The molecule has 0 atom stereocenters. The van der Waals surface area contributed by atoms with Gasteiger partial charge in [0.15, 0.2) is 0 Å². The van der Waals surface area contributed by atoms with Crippen molar-refractivity contribution < 1.29 is 9.32 Å². The van der Waals surface area contributed by atoms with Gasteiger partial charge in [-0.1, -0.05) is 6.07 Å². The van der Waals surface area contributed by atoms with Crippen LogP contribution < -0.4 is 5.32 Å². The van der Waals surface area contributed by atoms with E-state index in [9.17, 15) is 4.79 Å². The molecule has 3 aromatic heterocycles. The fraction of sp³-hybridized carbons (Fsp3) is 0.111. The van der Waals surface area contributed by atoms with Gasteiger partial charge < -0.3 is 9.84 Å². The Labute approximate surface area is 153 Å². The Bertz CT molecular complexity index is 1130. The Morgan fingerprint density at radius 2 is 2.08 bits per heavy atom. The number of pyridine rings is 1. The molecular formula is C18H14ClN5O2. The summed E-state index contributed by atoms with van der Waals surface area (Å²) in [7, 11) is 0. The summed E-state index contributed by atoms with van der Waals surface area (Å²) in [4.78, 5) is 21.0. The summed E-state index contributed by atoms with van der Waals surface area (Å²) in [5, 5.41) is 6.52. The second-order valence-corrected chi connectivity index (χ2v) is 6.27. The number of carbonyl (C=O) groups is 1. The van der Waals surface area contributed by atoms with Crippen molar-refractivity contribution in [2.45, 2.75) is 13.8 Å². The van der Waals surface area contributed by atoms with Gasteiger partial charge in [0.2, 0.25) is 0 Å². The Morgan fingerprint density at radius 3 is 2.85 bits per heavy atom. The van der Waals surface area contributed by atoms with E-state index in [0.717, 1.165) is 16.8 Å². The third-order valence-corrected chi connectivity index (χ3v) is 4.19. The van der Waals surface area contributed by atoms with Crippen LogP contribution in [0.25, 0.3) is 17.1 Å². The van der Waals surface area contributed by atoms with Crippen LogP contribution >= 0.6 is 11.6 Å². The Balaban J connectivity index is 1.66. The van der Waals surface area contributed by atoms with Crippen LogP contribution in [0, 0.1) is 13.8 Å². The maximum Gasteiger partial charge on any atom is 0.274 e. The smallest absolute Gasteiger partial charge is 0.274 e. The van der Waals surface area contributed by atoms with Crippen molar-refractivity contribution in [2.75, 3.05) is 5.32 Å². The number of halogens is 1. The van der Waals surface area contributed by atoms with Crippen LogP contribution in [0.1, 0.15) is 21.6 Å². The molecule has 0 aliphatic heterocycles. The number of benzene rings is 1. The van der Waals surface area contributed by atoms with Crippen molar-refractivity contribution in [3.8, 4) is 11.5 Å². The van der Waals surface area contributed by atoms with E-state index in [4.69, 9.17) is 16.1 Å². The van der Waals surface area contributed by atoms with E-state index in [1.165, 1.54) is 0 Å². The van der Waals surface area contributed by atoms with Gasteiger partial charge in [0.1, 0.15) is 11.3 Å². The number of aromatic nitrogens is 4. The number of imidazole rings is 1. The average Bonchev–Trinajstić information content (AvgIpc) is 3.22. The summed E-state index contributed by atoms with van der Waals surface area (Å²) in [5.74, 6) is 0.0286. The van der Waals surface area contributed by atoms with Gasteiger partial charge in [-0.3, -0.25) is 9.20 Å². The van der Waals surface area contributed by atoms with Gasteiger partial charge in [0, 0.05) is 17.4 Å². The van der Waals surface area contributed by atoms with E-state index >= 15 is 0 Å². The van der Waals surface area contributed by atoms with Gasteiger partial charge >= 0.3 is 0 Å². The summed E-state index contributed by atoms with van der Waals surface area (Å²) in [5.41, 5.74) is 4.46. The molecule has 1 amide bonds. The molecule has 8 heteroatoms. The van der Waals surface area contributed by atoms with E-state index in [-0.39, 0.29) is 17.1 Å². The molecule has 130 valence electrons. The number of amides is 1. The molecule has 0 fully saturated rings. The molecule has 0 spiro atoms. The zero-order chi connectivity index (χ0) is 18.3. The number of nitrogens with zero attached hydrogens (tertiary/aromatic N) is 4. The number of hydrogen-bond donors (Lipinski definition) is 1. The Hall–Kier alpha value is -3.19. The van der Waals surface area contributed by atoms with E-state index in [2.05, 4.69) is 20.4 Å². The van der Waals surface area contributed by atoms with Crippen molar-refractivity contribution in [2.24, 2.45) is 0 Å². The molecule has 4 rings (SSSR count). The fourth-order valence-electron chi connectivity index (χ4n) is 2.65. The molecule has 1 aromatic carbocycles. The number of anilines is 1. The van der Waals surface area contributed by atoms with Gasteiger partial charge in [-0.05, 0) is 66.0 Å². The quantitative estimate of drug-likeness (QED) is 0.593. The first-order valence-corrected chi connectivity index (χ1v) is 8.24. The lowest BCUT2D eigenvalue weighted by Gasteiger charge is -2.09. The van der Waals surface area contributed by atoms with E-state index in [1.54, 1.807) is 16.7 Å². The number of hydrogen-bond acceptors (Lipinski definition) is 5. The minimum absolute atomic E-state index is 0.0344. The lowest BCUT2D eigenvalue weighted by molar-refractivity contribution is 0.102. The van der Waals surface area contributed by atoms with Gasteiger partial charge in [-0.15, -0.1) is 0 Å². The molecule has 7 nitrogen and oxygen atoms in total. The van der Waals surface area contributed by atoms with Gasteiger partial charge in [-0.25, -0.2) is 4.98 Å². The van der Waals surface area contributed by atoms with Gasteiger partial charge in [0.25, 0.3) is 17.1 Å². The standard InChI is InChI=1S/C18H14ClN5O2/c1-10-5-6-24-14(9-20-15(24)7-10)16(25)21-13-8-12(4-3-11(13)2)17-22-18(19)23-26-17/h3-9H,1-2H3,(H,21,25). The fourth-order valence-corrected chi connectivity index (χ4v) is 2.76. The molecule has 3 heterocycles. The SMILES string of the molecule is Cc1ccn2c(C(=O)Nc3cc(-c4nc(Cl)no4)ccc3C)cnc2c1. The zero-order valence-corrected chi connectivity index (χ0v) is 14.8. The monoisotopic (exact) mass is 367 g/mol. The second kappa shape index (κ2) is 6.27. The summed E-state index contributed by atoms with van der Waals surface area (Å²) in [6, 6.07) is 9.30. The normalized spacial score (nSPS) is 11.0. The first-order chi connectivity index (χ1) is 12.5. The maximum atomic E-state index is 12.7. The number of rotatable bonds is 3. The predicted octanol–water partition coefficient (Wildman–Crippen LogP) is 3.91. The lowest BCUT2D eigenvalue weighted by atomic mass is 10.1. The van der Waals surface area contributed by atoms with Crippen LogP contribution in [-0.4, -0.2) is 25.4 Å². The molecule has 4 aromatic rings. The first kappa shape index (κ1) is 16.3. The minimum atomic E-state index is -0.259. The summed E-state index contributed by atoms with van der Waals surface area (Å²) in [6.45, 7) is 3.88. The van der Waals surface area contributed by atoms with E-state index < -0.39 is 0 Å². The van der Waals surface area contributed by atoms with Crippen molar-refractivity contribution in [1.82, 2.24) is 19.5 Å². The molecule has 0 aliphatic rings. The summed E-state index contributed by atoms with van der Waals surface area (Å²) >= 11 is 5.70. The number of fused-ring (bicyclic) bond motifs is 1. The highest BCUT2D eigenvalue weighted by Gasteiger charge is 2.15. The highest BCUT2D eigenvalue weighted by atomic mass is 35.5. The minimum Gasteiger partial charge on any atom is -0.333 e. The average molecular weight is 368 g/mol. The summed E-state index contributed by atoms with van der Waals surface area (Å²) < 4.78 is 6.82. The van der Waals surface area contributed by atoms with E-state index in [0.29, 0.717) is 16.9 Å². The topological polar surface area (TPSA) is 85.3 Å². The van der Waals surface area contributed by atoms with Crippen LogP contribution in [-0.2, 0) is 0 Å². The number of aryl methyl sites for hydroxylation is 2. The highest BCUT2D eigenvalue weighted by Crippen LogP contribution is 2.25. The molecule has 0 unspecified atom stereocenters. The van der Waals surface area contributed by atoms with Crippen LogP contribution in [0.15, 0.2) is 47.2 Å². The molecule has 0 aliphatic carbocycles. The predicted molar refractivity (Wildman–Crippen MR) is 97.4 cm³/mol. The first-order valence-electron chi connectivity index (χ1n) is 7.86. The number of carbonyl (C=O) groups excluding carboxylic acids is 1. The summed E-state index contributed by atoms with van der Waals surface area (Å²) in [6.07, 6.45) is 3.39. The van der Waals surface area contributed by atoms with E-state index in [1.807, 2.05) is 44.3 Å². The highest BCUT2D eigenvalue weighted by molar-refractivity contribution is 6.28. The number of nitrogens with one attached hydrogen (secondary N) is 1. The van der Waals surface area contributed by atoms with Gasteiger partial charge in [-0.2, -0.15) is 4.98 Å². The van der Waals surface area contributed by atoms with Crippen LogP contribution in [0.4, 0.5) is 5.69 Å². The Morgan fingerprint density at radius 1 is 1.23 bits per heavy atom. The van der Waals surface area contributed by atoms with Crippen LogP contribution in [0.5, 0.6) is 0 Å². The molecule has 0 saturated heterocycles. The van der Waals surface area contributed by atoms with Crippen LogP contribution in [0.3, 0.4) is 0 Å². The molecule has 0 saturated carbocycles. The van der Waals surface area contributed by atoms with Crippen molar-refractivity contribution in [1.29, 1.82) is 0 Å². The lowest BCUT2D eigenvalue weighted by Crippen LogP contribution is -2.15. The largest absolute Gasteiger partial charge is 0.333 e. The van der Waals surface area contributed by atoms with Crippen LogP contribution in [0.2, 0.25) is 5.28 Å². The zero-order valence-electron chi connectivity index (χ0n) is 14.0. The molecule has 0 radical (unpaired) electrons. The van der Waals surface area contributed by atoms with Crippen molar-refractivity contribution in [3.63, 3.8) is 0 Å². The maximum absolute atomic E-state index is 12.7. The molecule has 0 bridgehead atoms.